The first-order valence-corrected chi connectivity index (χ1v) is 10.3. The van der Waals surface area contributed by atoms with E-state index < -0.39 is 0 Å². The number of ether oxygens (including phenoxy) is 2. The number of hydrogen-bond donors (Lipinski definition) is 2. The lowest BCUT2D eigenvalue weighted by atomic mass is 10.2. The minimum atomic E-state index is -0.243. The SMILES string of the molecule is CCOc1ccc(NC(=O)CN(C)Cc2nc3cc(Cl)ccc3c(=O)[nH]2)cc1OCC. The van der Waals surface area contributed by atoms with Gasteiger partial charge in [-0.1, -0.05) is 11.6 Å². The van der Waals surface area contributed by atoms with Crippen molar-refractivity contribution < 1.29 is 14.3 Å². The molecule has 0 aliphatic rings. The summed E-state index contributed by atoms with van der Waals surface area (Å²) in [5.74, 6) is 1.45. The Morgan fingerprint density at radius 1 is 1.13 bits per heavy atom. The van der Waals surface area contributed by atoms with Gasteiger partial charge in [0.2, 0.25) is 5.91 Å². The van der Waals surface area contributed by atoms with Crippen LogP contribution in [-0.4, -0.2) is 47.6 Å². The van der Waals surface area contributed by atoms with E-state index in [1.807, 2.05) is 13.8 Å². The number of amides is 1. The van der Waals surface area contributed by atoms with Crippen LogP contribution >= 0.6 is 11.6 Å². The van der Waals surface area contributed by atoms with Gasteiger partial charge in [-0.15, -0.1) is 0 Å². The molecular weight excluding hydrogens is 420 g/mol. The van der Waals surface area contributed by atoms with E-state index in [1.165, 1.54) is 0 Å². The molecule has 0 unspecified atom stereocenters. The van der Waals surface area contributed by atoms with Gasteiger partial charge in [0.05, 0.1) is 37.2 Å². The number of fused-ring (bicyclic) bond motifs is 1. The second-order valence-electron chi connectivity index (χ2n) is 6.92. The average Bonchev–Trinajstić information content (AvgIpc) is 2.69. The molecule has 164 valence electrons. The Kier molecular flexibility index (Phi) is 7.49. The molecule has 1 heterocycles. The van der Waals surface area contributed by atoms with Gasteiger partial charge in [-0.05, 0) is 51.2 Å². The maximum atomic E-state index is 12.5. The number of carbonyl (C=O) groups excluding carboxylic acids is 1. The van der Waals surface area contributed by atoms with E-state index in [1.54, 1.807) is 48.3 Å². The topological polar surface area (TPSA) is 96.5 Å². The quantitative estimate of drug-likeness (QED) is 0.524. The molecule has 0 radical (unpaired) electrons. The molecule has 2 aromatic carbocycles. The summed E-state index contributed by atoms with van der Waals surface area (Å²) in [6.45, 7) is 5.19. The van der Waals surface area contributed by atoms with E-state index >= 15 is 0 Å². The zero-order chi connectivity index (χ0) is 22.4. The summed E-state index contributed by atoms with van der Waals surface area (Å²) in [5.41, 5.74) is 0.881. The Bertz CT molecular complexity index is 1130. The summed E-state index contributed by atoms with van der Waals surface area (Å²) in [6, 6.07) is 10.2. The van der Waals surface area contributed by atoms with Gasteiger partial charge < -0.3 is 19.8 Å². The van der Waals surface area contributed by atoms with Gasteiger partial charge in [0.15, 0.2) is 11.5 Å². The average molecular weight is 445 g/mol. The fourth-order valence-electron chi connectivity index (χ4n) is 3.12. The predicted molar refractivity (Wildman–Crippen MR) is 121 cm³/mol. The summed E-state index contributed by atoms with van der Waals surface area (Å²) >= 11 is 6.00. The fraction of sp³-hybridized carbons (Fsp3) is 0.318. The second kappa shape index (κ2) is 10.3. The molecule has 0 saturated heterocycles. The van der Waals surface area contributed by atoms with E-state index in [9.17, 15) is 9.59 Å². The van der Waals surface area contributed by atoms with Crippen LogP contribution in [0, 0.1) is 0 Å². The third-order valence-electron chi connectivity index (χ3n) is 4.38. The van der Waals surface area contributed by atoms with Gasteiger partial charge in [0.25, 0.3) is 5.56 Å². The number of aromatic nitrogens is 2. The maximum Gasteiger partial charge on any atom is 0.258 e. The first-order valence-electron chi connectivity index (χ1n) is 9.96. The molecule has 0 aliphatic heterocycles. The molecule has 8 nitrogen and oxygen atoms in total. The van der Waals surface area contributed by atoms with Gasteiger partial charge in [-0.25, -0.2) is 4.98 Å². The first-order chi connectivity index (χ1) is 14.9. The molecule has 0 atom stereocenters. The van der Waals surface area contributed by atoms with Crippen LogP contribution in [0.2, 0.25) is 5.02 Å². The zero-order valence-electron chi connectivity index (χ0n) is 17.7. The molecule has 3 rings (SSSR count). The molecule has 0 saturated carbocycles. The van der Waals surface area contributed by atoms with Gasteiger partial charge in [-0.3, -0.25) is 14.5 Å². The van der Waals surface area contributed by atoms with Crippen LogP contribution < -0.4 is 20.3 Å². The summed E-state index contributed by atoms with van der Waals surface area (Å²) in [4.78, 5) is 33.7. The Morgan fingerprint density at radius 2 is 1.87 bits per heavy atom. The predicted octanol–water partition coefficient (Wildman–Crippen LogP) is 3.44. The number of halogens is 1. The highest BCUT2D eigenvalue weighted by atomic mass is 35.5. The minimum absolute atomic E-state index is 0.106. The summed E-state index contributed by atoms with van der Waals surface area (Å²) in [6.07, 6.45) is 0. The highest BCUT2D eigenvalue weighted by molar-refractivity contribution is 6.31. The number of carbonyl (C=O) groups is 1. The lowest BCUT2D eigenvalue weighted by Crippen LogP contribution is -2.31. The van der Waals surface area contributed by atoms with E-state index in [2.05, 4.69) is 15.3 Å². The number of aromatic amines is 1. The van der Waals surface area contributed by atoms with Crippen molar-refractivity contribution in [3.8, 4) is 11.5 Å². The van der Waals surface area contributed by atoms with Crippen LogP contribution in [0.25, 0.3) is 10.9 Å². The van der Waals surface area contributed by atoms with Crippen molar-refractivity contribution in [3.63, 3.8) is 0 Å². The smallest absolute Gasteiger partial charge is 0.258 e. The molecule has 9 heteroatoms. The maximum absolute atomic E-state index is 12.5. The molecule has 0 aliphatic carbocycles. The molecule has 0 spiro atoms. The van der Waals surface area contributed by atoms with Crippen molar-refractivity contribution in [2.45, 2.75) is 20.4 Å². The number of anilines is 1. The van der Waals surface area contributed by atoms with E-state index in [0.717, 1.165) is 0 Å². The van der Waals surface area contributed by atoms with E-state index in [-0.39, 0.29) is 18.0 Å². The number of nitrogens with zero attached hydrogens (tertiary/aromatic N) is 2. The van der Waals surface area contributed by atoms with Crippen molar-refractivity contribution in [1.29, 1.82) is 0 Å². The Labute approximate surface area is 185 Å². The van der Waals surface area contributed by atoms with Gasteiger partial charge in [0.1, 0.15) is 5.82 Å². The van der Waals surface area contributed by atoms with Crippen LogP contribution in [0.5, 0.6) is 11.5 Å². The van der Waals surface area contributed by atoms with E-state index in [0.29, 0.717) is 58.7 Å². The van der Waals surface area contributed by atoms with Crippen LogP contribution in [0.4, 0.5) is 5.69 Å². The molecule has 31 heavy (non-hydrogen) atoms. The Balaban J connectivity index is 1.65. The van der Waals surface area contributed by atoms with Crippen molar-refractivity contribution in [2.24, 2.45) is 0 Å². The number of benzene rings is 2. The number of H-pyrrole nitrogens is 1. The first kappa shape index (κ1) is 22.6. The molecule has 0 fully saturated rings. The van der Waals surface area contributed by atoms with Crippen LogP contribution in [0.1, 0.15) is 19.7 Å². The van der Waals surface area contributed by atoms with Crippen LogP contribution in [0.15, 0.2) is 41.2 Å². The van der Waals surface area contributed by atoms with Gasteiger partial charge in [0, 0.05) is 16.8 Å². The normalized spacial score (nSPS) is 11.0. The molecule has 3 aromatic rings. The molecule has 1 aromatic heterocycles. The summed E-state index contributed by atoms with van der Waals surface area (Å²) < 4.78 is 11.1. The van der Waals surface area contributed by atoms with E-state index in [4.69, 9.17) is 21.1 Å². The minimum Gasteiger partial charge on any atom is -0.490 e. The zero-order valence-corrected chi connectivity index (χ0v) is 18.5. The fourth-order valence-corrected chi connectivity index (χ4v) is 3.29. The third-order valence-corrected chi connectivity index (χ3v) is 4.61. The monoisotopic (exact) mass is 444 g/mol. The molecule has 1 amide bonds. The number of hydrogen-bond acceptors (Lipinski definition) is 6. The van der Waals surface area contributed by atoms with Crippen molar-refractivity contribution >= 4 is 34.1 Å². The lowest BCUT2D eigenvalue weighted by Gasteiger charge is -2.17. The second-order valence-corrected chi connectivity index (χ2v) is 7.36. The molecule has 0 bridgehead atoms. The summed E-state index contributed by atoms with van der Waals surface area (Å²) in [7, 11) is 1.77. The van der Waals surface area contributed by atoms with Crippen molar-refractivity contribution in [3.05, 3.63) is 57.6 Å². The third kappa shape index (κ3) is 5.96. The van der Waals surface area contributed by atoms with Crippen molar-refractivity contribution in [2.75, 3.05) is 32.1 Å². The van der Waals surface area contributed by atoms with Crippen molar-refractivity contribution in [1.82, 2.24) is 14.9 Å². The highest BCUT2D eigenvalue weighted by Crippen LogP contribution is 2.30. The van der Waals surface area contributed by atoms with Gasteiger partial charge >= 0.3 is 0 Å². The Hall–Kier alpha value is -3.10. The number of nitrogens with one attached hydrogen (secondary N) is 2. The van der Waals surface area contributed by atoms with Gasteiger partial charge in [-0.2, -0.15) is 0 Å². The Morgan fingerprint density at radius 3 is 2.61 bits per heavy atom. The van der Waals surface area contributed by atoms with Crippen LogP contribution in [0.3, 0.4) is 0 Å². The summed E-state index contributed by atoms with van der Waals surface area (Å²) in [5, 5.41) is 3.82. The highest BCUT2D eigenvalue weighted by Gasteiger charge is 2.12. The lowest BCUT2D eigenvalue weighted by molar-refractivity contribution is -0.117. The number of likely N-dealkylation sites (N-methyl/N-ethyl adjacent to an activating group) is 1. The molecular formula is C22H25ClN4O4. The van der Waals surface area contributed by atoms with Crippen LogP contribution in [-0.2, 0) is 11.3 Å². The molecule has 2 N–H and O–H groups in total. The largest absolute Gasteiger partial charge is 0.490 e. The number of rotatable bonds is 9. The standard InChI is InChI=1S/C22H25ClN4O4/c1-4-30-18-9-7-15(11-19(18)31-5-2)24-21(28)13-27(3)12-20-25-17-10-14(23)6-8-16(17)22(29)26-20/h6-11H,4-5,12-13H2,1-3H3,(H,24,28)(H,25,26,29).